The van der Waals surface area contributed by atoms with Gasteiger partial charge in [0.25, 0.3) is 0 Å². The van der Waals surface area contributed by atoms with Gasteiger partial charge >= 0.3 is 6.09 Å². The van der Waals surface area contributed by atoms with E-state index in [0.29, 0.717) is 54.4 Å². The van der Waals surface area contributed by atoms with Crippen molar-refractivity contribution in [2.24, 2.45) is 0 Å². The highest BCUT2D eigenvalue weighted by molar-refractivity contribution is 6.07. The smallest absolute Gasteiger partial charge is 0.409 e. The number of benzene rings is 2. The largest absolute Gasteiger partial charge is 0.508 e. The Labute approximate surface area is 279 Å². The summed E-state index contributed by atoms with van der Waals surface area (Å²) in [6.45, 7) is 5.40. The summed E-state index contributed by atoms with van der Waals surface area (Å²) < 4.78 is 27.4. The summed E-state index contributed by atoms with van der Waals surface area (Å²) in [6.07, 6.45) is 6.44. The van der Waals surface area contributed by atoms with Gasteiger partial charge in [0.2, 0.25) is 5.88 Å². The van der Waals surface area contributed by atoms with E-state index < -0.39 is 0 Å². The summed E-state index contributed by atoms with van der Waals surface area (Å²) >= 11 is 0. The SMILES string of the molecule is CCc1c(F)ccc2cc(O)cc(-c3n[nH]c4c(N5CC6CCC(C5)N6)nc(OCC56CCCN5[C@@H](COC(=O)N(C)C)CC6)cc34)c12. The molecule has 48 heavy (non-hydrogen) atoms. The third kappa shape index (κ3) is 5.29. The fraction of sp³-hybridized carbons (Fsp3) is 0.528. The van der Waals surface area contributed by atoms with Crippen LogP contribution in [0.2, 0.25) is 0 Å². The van der Waals surface area contributed by atoms with E-state index in [0.717, 1.165) is 85.7 Å². The lowest BCUT2D eigenvalue weighted by Crippen LogP contribution is -2.51. The maximum atomic E-state index is 15.1. The van der Waals surface area contributed by atoms with Gasteiger partial charge in [-0.25, -0.2) is 9.18 Å². The average molecular weight is 658 g/mol. The Morgan fingerprint density at radius 2 is 1.96 bits per heavy atom. The average Bonchev–Trinajstić information content (AvgIpc) is 3.85. The molecule has 11 nitrogen and oxygen atoms in total. The maximum absolute atomic E-state index is 15.1. The molecule has 2 bridgehead atoms. The quantitative estimate of drug-likeness (QED) is 0.235. The predicted molar refractivity (Wildman–Crippen MR) is 182 cm³/mol. The number of anilines is 1. The summed E-state index contributed by atoms with van der Waals surface area (Å²) in [5.74, 6) is 1.14. The first kappa shape index (κ1) is 31.1. The van der Waals surface area contributed by atoms with Crippen LogP contribution in [0.3, 0.4) is 0 Å². The van der Waals surface area contributed by atoms with E-state index in [-0.39, 0.29) is 29.2 Å². The van der Waals surface area contributed by atoms with Crippen molar-refractivity contribution >= 4 is 33.6 Å². The number of phenolic OH excluding ortho intramolecular Hbond substituents is 1. The molecule has 0 radical (unpaired) electrons. The second kappa shape index (κ2) is 12.1. The number of aromatic amines is 1. The van der Waals surface area contributed by atoms with Crippen LogP contribution in [-0.4, -0.2) is 107 Å². The molecule has 4 aromatic rings. The number of amides is 1. The summed E-state index contributed by atoms with van der Waals surface area (Å²) in [7, 11) is 3.40. The third-order valence-corrected chi connectivity index (χ3v) is 11.1. The molecule has 2 aromatic carbocycles. The Balaban J connectivity index is 1.17. The number of phenols is 1. The van der Waals surface area contributed by atoms with Crippen LogP contribution in [0.1, 0.15) is 51.0 Å². The van der Waals surface area contributed by atoms with Crippen molar-refractivity contribution in [2.45, 2.75) is 75.5 Å². The lowest BCUT2D eigenvalue weighted by atomic mass is 9.94. The zero-order valence-corrected chi connectivity index (χ0v) is 27.9. The van der Waals surface area contributed by atoms with Gasteiger partial charge in [-0.1, -0.05) is 13.0 Å². The monoisotopic (exact) mass is 657 g/mol. The fourth-order valence-corrected chi connectivity index (χ4v) is 8.78. The zero-order chi connectivity index (χ0) is 33.2. The van der Waals surface area contributed by atoms with Gasteiger partial charge in [-0.05, 0) is 86.0 Å². The molecular formula is C36H44FN7O4. The van der Waals surface area contributed by atoms with Crippen LogP contribution in [0.15, 0.2) is 30.3 Å². The van der Waals surface area contributed by atoms with Crippen molar-refractivity contribution in [3.8, 4) is 22.9 Å². The molecule has 0 spiro atoms. The molecule has 4 saturated heterocycles. The molecule has 0 aliphatic carbocycles. The maximum Gasteiger partial charge on any atom is 0.409 e. The number of carbonyl (C=O) groups is 1. The van der Waals surface area contributed by atoms with Gasteiger partial charge in [0.15, 0.2) is 5.82 Å². The molecule has 3 N–H and O–H groups in total. The second-order valence-corrected chi connectivity index (χ2v) is 14.3. The Hall–Kier alpha value is -4.16. The van der Waals surface area contributed by atoms with Crippen LogP contribution >= 0.6 is 0 Å². The molecule has 2 aromatic heterocycles. The molecule has 4 aliphatic heterocycles. The summed E-state index contributed by atoms with van der Waals surface area (Å²) in [5.41, 5.74) is 2.54. The van der Waals surface area contributed by atoms with Crippen LogP contribution in [0.5, 0.6) is 11.6 Å². The van der Waals surface area contributed by atoms with Gasteiger partial charge in [0, 0.05) is 62.3 Å². The molecule has 1 amide bonds. The van der Waals surface area contributed by atoms with E-state index in [9.17, 15) is 9.90 Å². The Morgan fingerprint density at radius 1 is 1.15 bits per heavy atom. The van der Waals surface area contributed by atoms with Crippen molar-refractivity contribution in [1.29, 1.82) is 0 Å². The number of aromatic hydroxyl groups is 1. The first-order chi connectivity index (χ1) is 23.2. The number of nitrogens with zero attached hydrogens (tertiary/aromatic N) is 5. The fourth-order valence-electron chi connectivity index (χ4n) is 8.78. The van der Waals surface area contributed by atoms with Crippen molar-refractivity contribution < 1.29 is 23.8 Å². The van der Waals surface area contributed by atoms with Crippen molar-refractivity contribution in [2.75, 3.05) is 51.8 Å². The van der Waals surface area contributed by atoms with Crippen LogP contribution in [0.25, 0.3) is 32.9 Å². The van der Waals surface area contributed by atoms with Gasteiger partial charge in [-0.15, -0.1) is 0 Å². The Kier molecular flexibility index (Phi) is 7.82. The van der Waals surface area contributed by atoms with Crippen molar-refractivity contribution in [3.05, 3.63) is 41.7 Å². The first-order valence-corrected chi connectivity index (χ1v) is 17.3. The number of piperazine rings is 1. The van der Waals surface area contributed by atoms with E-state index in [1.165, 1.54) is 11.0 Å². The number of H-pyrrole nitrogens is 1. The number of rotatable bonds is 8. The van der Waals surface area contributed by atoms with E-state index in [2.05, 4.69) is 20.2 Å². The van der Waals surface area contributed by atoms with E-state index in [4.69, 9.17) is 19.6 Å². The van der Waals surface area contributed by atoms with Gasteiger partial charge in [-0.3, -0.25) is 10.00 Å². The van der Waals surface area contributed by atoms with Crippen LogP contribution < -0.4 is 15.0 Å². The predicted octanol–water partition coefficient (Wildman–Crippen LogP) is 5.20. The number of ether oxygens (including phenoxy) is 2. The minimum atomic E-state index is -0.321. The van der Waals surface area contributed by atoms with Crippen molar-refractivity contribution in [1.82, 2.24) is 30.3 Å². The number of pyridine rings is 1. The number of hydrogen-bond acceptors (Lipinski definition) is 9. The molecule has 6 heterocycles. The first-order valence-electron chi connectivity index (χ1n) is 17.3. The number of hydrogen-bond donors (Lipinski definition) is 3. The summed E-state index contributed by atoms with van der Waals surface area (Å²) in [4.78, 5) is 23.5. The zero-order valence-electron chi connectivity index (χ0n) is 27.9. The Bertz CT molecular complexity index is 1870. The highest BCUT2D eigenvalue weighted by atomic mass is 19.1. The topological polar surface area (TPSA) is 119 Å². The number of nitrogens with one attached hydrogen (secondary N) is 2. The number of carbonyl (C=O) groups excluding carboxylic acids is 1. The van der Waals surface area contributed by atoms with Gasteiger partial charge in [0.05, 0.1) is 5.54 Å². The van der Waals surface area contributed by atoms with E-state index >= 15 is 4.39 Å². The highest BCUT2D eigenvalue weighted by Crippen LogP contribution is 2.44. The Morgan fingerprint density at radius 3 is 2.73 bits per heavy atom. The summed E-state index contributed by atoms with van der Waals surface area (Å²) in [5, 5.41) is 24.9. The molecule has 8 rings (SSSR count). The van der Waals surface area contributed by atoms with Crippen LogP contribution in [0.4, 0.5) is 15.0 Å². The number of aryl methyl sites for hydroxylation is 1. The van der Waals surface area contributed by atoms with Gasteiger partial charge < -0.3 is 29.7 Å². The second-order valence-electron chi connectivity index (χ2n) is 14.3. The molecule has 254 valence electrons. The molecule has 3 unspecified atom stereocenters. The normalized spacial score (nSPS) is 25.2. The number of aromatic nitrogens is 3. The standard InChI is InChI=1S/C36H44FN7O4/c1-4-26-29(37)9-6-21-14-25(45)15-27(31(21)26)32-28-16-30(39-34(33(28)41-40-32)43-17-22-7-8-23(18-43)38-22)48-20-36-11-5-13-44(36)24(10-12-36)19-47-35(46)42(2)3/h6,9,14-16,22-24,38,45H,4-5,7-8,10-13,17-20H2,1-3H3,(H,40,41)/t22?,23?,24-,36?/m1/s1. The molecule has 4 atom stereocenters. The van der Waals surface area contributed by atoms with E-state index in [1.54, 1.807) is 32.3 Å². The molecule has 0 saturated carbocycles. The van der Waals surface area contributed by atoms with Gasteiger partial charge in [-0.2, -0.15) is 10.1 Å². The van der Waals surface area contributed by atoms with Crippen LogP contribution in [0, 0.1) is 5.82 Å². The lowest BCUT2D eigenvalue weighted by Gasteiger charge is -2.35. The lowest BCUT2D eigenvalue weighted by molar-refractivity contribution is 0.0494. The molecule has 12 heteroatoms. The number of halogens is 1. The third-order valence-electron chi connectivity index (χ3n) is 11.1. The van der Waals surface area contributed by atoms with Crippen molar-refractivity contribution in [3.63, 3.8) is 0 Å². The molecular weight excluding hydrogens is 613 g/mol. The highest BCUT2D eigenvalue weighted by Gasteiger charge is 2.50. The minimum absolute atomic E-state index is 0.0965. The van der Waals surface area contributed by atoms with E-state index in [1.807, 2.05) is 13.0 Å². The molecule has 4 aliphatic rings. The summed E-state index contributed by atoms with van der Waals surface area (Å²) in [6, 6.07) is 9.44. The molecule has 4 fully saturated rings. The van der Waals surface area contributed by atoms with Gasteiger partial charge in [0.1, 0.15) is 36.0 Å². The minimum Gasteiger partial charge on any atom is -0.508 e. The number of fused-ring (bicyclic) bond motifs is 5. The van der Waals surface area contributed by atoms with Crippen LogP contribution in [-0.2, 0) is 11.2 Å².